The highest BCUT2D eigenvalue weighted by atomic mass is 32.2. The molecule has 1 heterocycles. The Bertz CT molecular complexity index is 433. The van der Waals surface area contributed by atoms with Crippen molar-refractivity contribution in [1.29, 1.82) is 0 Å². The third-order valence-corrected chi connectivity index (χ3v) is 2.02. The predicted molar refractivity (Wildman–Crippen MR) is 49.1 cm³/mol. The summed E-state index contributed by atoms with van der Waals surface area (Å²) in [6.45, 7) is -3.04. The molecule has 0 atom stereocenters. The van der Waals surface area contributed by atoms with Crippen LogP contribution in [-0.2, 0) is 9.84 Å². The second-order valence-corrected chi connectivity index (χ2v) is 4.62. The highest BCUT2D eigenvalue weighted by Gasteiger charge is 2.14. The number of hydrogen-bond donors (Lipinski definition) is 0. The van der Waals surface area contributed by atoms with Gasteiger partial charge in [0.25, 0.3) is 0 Å². The highest BCUT2D eigenvalue weighted by Crippen LogP contribution is 2.20. The molecular formula is C8H8F2NO3S. The van der Waals surface area contributed by atoms with Crippen LogP contribution in [0.1, 0.15) is 5.56 Å². The molecule has 15 heavy (non-hydrogen) atoms. The lowest BCUT2D eigenvalue weighted by Gasteiger charge is -2.07. The fraction of sp³-hybridized carbons (Fsp3) is 0.250. The fourth-order valence-corrected chi connectivity index (χ4v) is 1.55. The second-order valence-electron chi connectivity index (χ2n) is 2.72. The SMILES string of the molecule is CS(=O)(=O)[CH]c1cccnc1OC(F)F. The molecule has 0 aliphatic carbocycles. The highest BCUT2D eigenvalue weighted by molar-refractivity contribution is 7.92. The van der Waals surface area contributed by atoms with Gasteiger partial charge in [0, 0.05) is 18.0 Å². The minimum Gasteiger partial charge on any atom is -0.417 e. The van der Waals surface area contributed by atoms with Crippen molar-refractivity contribution < 1.29 is 21.9 Å². The molecule has 0 aliphatic rings. The molecule has 0 aliphatic heterocycles. The van der Waals surface area contributed by atoms with Crippen molar-refractivity contribution >= 4 is 9.84 Å². The Morgan fingerprint density at radius 2 is 2.20 bits per heavy atom. The molecule has 0 bridgehead atoms. The number of halogens is 2. The van der Waals surface area contributed by atoms with E-state index in [0.717, 1.165) is 12.0 Å². The lowest BCUT2D eigenvalue weighted by atomic mass is 10.3. The van der Waals surface area contributed by atoms with E-state index in [2.05, 4.69) is 9.72 Å². The number of sulfone groups is 1. The normalized spacial score (nSPS) is 11.7. The topological polar surface area (TPSA) is 56.3 Å². The van der Waals surface area contributed by atoms with Gasteiger partial charge in [-0.25, -0.2) is 13.4 Å². The molecule has 7 heteroatoms. The molecule has 83 valence electrons. The Balaban J connectivity index is 2.96. The van der Waals surface area contributed by atoms with Gasteiger partial charge in [-0.05, 0) is 6.07 Å². The van der Waals surface area contributed by atoms with Gasteiger partial charge in [0.15, 0.2) is 9.84 Å². The first kappa shape index (κ1) is 11.8. The van der Waals surface area contributed by atoms with Gasteiger partial charge in [0.05, 0.1) is 0 Å². The van der Waals surface area contributed by atoms with Crippen LogP contribution in [0.2, 0.25) is 0 Å². The average Bonchev–Trinajstić information content (AvgIpc) is 2.05. The Labute approximate surface area is 85.8 Å². The van der Waals surface area contributed by atoms with Gasteiger partial charge < -0.3 is 4.74 Å². The summed E-state index contributed by atoms with van der Waals surface area (Å²) in [5, 5.41) is 0. The first-order valence-corrected chi connectivity index (χ1v) is 5.78. The molecule has 0 amide bonds. The van der Waals surface area contributed by atoms with Gasteiger partial charge in [-0.1, -0.05) is 6.07 Å². The van der Waals surface area contributed by atoms with E-state index in [1.54, 1.807) is 0 Å². The van der Waals surface area contributed by atoms with E-state index >= 15 is 0 Å². The number of aromatic nitrogens is 1. The molecule has 1 aromatic heterocycles. The van der Waals surface area contributed by atoms with Crippen molar-refractivity contribution in [2.75, 3.05) is 6.26 Å². The smallest absolute Gasteiger partial charge is 0.388 e. The van der Waals surface area contributed by atoms with E-state index in [1.807, 2.05) is 0 Å². The number of hydrogen-bond acceptors (Lipinski definition) is 4. The van der Waals surface area contributed by atoms with Crippen molar-refractivity contribution in [1.82, 2.24) is 4.98 Å². The van der Waals surface area contributed by atoms with Gasteiger partial charge in [-0.15, -0.1) is 0 Å². The van der Waals surface area contributed by atoms with Gasteiger partial charge in [-0.2, -0.15) is 8.78 Å². The van der Waals surface area contributed by atoms with Gasteiger partial charge in [0.1, 0.15) is 5.75 Å². The van der Waals surface area contributed by atoms with Crippen molar-refractivity contribution in [3.05, 3.63) is 29.6 Å². The number of rotatable bonds is 4. The van der Waals surface area contributed by atoms with Crippen LogP contribution in [0, 0.1) is 5.75 Å². The summed E-state index contributed by atoms with van der Waals surface area (Å²) < 4.78 is 49.7. The van der Waals surface area contributed by atoms with Crippen LogP contribution in [-0.4, -0.2) is 26.3 Å². The molecule has 0 saturated heterocycles. The van der Waals surface area contributed by atoms with Crippen LogP contribution < -0.4 is 4.74 Å². The van der Waals surface area contributed by atoms with Crippen molar-refractivity contribution in [3.63, 3.8) is 0 Å². The Morgan fingerprint density at radius 3 is 2.73 bits per heavy atom. The lowest BCUT2D eigenvalue weighted by molar-refractivity contribution is -0.0531. The zero-order chi connectivity index (χ0) is 11.5. The summed E-state index contributed by atoms with van der Waals surface area (Å²) in [6, 6.07) is 2.75. The second kappa shape index (κ2) is 4.52. The van der Waals surface area contributed by atoms with Crippen LogP contribution in [0.25, 0.3) is 0 Å². The monoisotopic (exact) mass is 236 g/mol. The summed E-state index contributed by atoms with van der Waals surface area (Å²) in [5.41, 5.74) is 0.000278. The van der Waals surface area contributed by atoms with Crippen LogP contribution in [0.4, 0.5) is 8.78 Å². The first-order valence-electron chi connectivity index (χ1n) is 3.83. The van der Waals surface area contributed by atoms with Crippen LogP contribution in [0.15, 0.2) is 18.3 Å². The molecule has 4 nitrogen and oxygen atoms in total. The zero-order valence-corrected chi connectivity index (χ0v) is 8.54. The molecule has 0 unspecified atom stereocenters. The van der Waals surface area contributed by atoms with E-state index < -0.39 is 22.3 Å². The van der Waals surface area contributed by atoms with Crippen molar-refractivity contribution in [2.45, 2.75) is 6.61 Å². The van der Waals surface area contributed by atoms with Crippen LogP contribution in [0.3, 0.4) is 0 Å². The third kappa shape index (κ3) is 4.20. The molecule has 0 spiro atoms. The molecule has 0 fully saturated rings. The van der Waals surface area contributed by atoms with Gasteiger partial charge in [0.2, 0.25) is 5.88 Å². The van der Waals surface area contributed by atoms with E-state index in [9.17, 15) is 17.2 Å². The third-order valence-electron chi connectivity index (χ3n) is 1.34. The fourth-order valence-electron chi connectivity index (χ4n) is 0.906. The van der Waals surface area contributed by atoms with E-state index in [-0.39, 0.29) is 5.56 Å². The van der Waals surface area contributed by atoms with Crippen LogP contribution in [0.5, 0.6) is 5.88 Å². The maximum atomic E-state index is 11.9. The Kier molecular flexibility index (Phi) is 3.57. The molecule has 0 N–H and O–H groups in total. The maximum absolute atomic E-state index is 11.9. The summed E-state index contributed by atoms with van der Waals surface area (Å²) in [4.78, 5) is 3.51. The molecular weight excluding hydrogens is 228 g/mol. The minimum atomic E-state index is -3.43. The predicted octanol–water partition coefficient (Wildman–Crippen LogP) is 1.24. The largest absolute Gasteiger partial charge is 0.417 e. The number of ether oxygens (including phenoxy) is 1. The summed E-state index contributed by atoms with van der Waals surface area (Å²) in [7, 11) is -3.43. The molecule has 0 saturated carbocycles. The van der Waals surface area contributed by atoms with E-state index in [0.29, 0.717) is 0 Å². The number of pyridine rings is 1. The number of alkyl halides is 2. The van der Waals surface area contributed by atoms with E-state index in [1.165, 1.54) is 18.3 Å². The summed E-state index contributed by atoms with van der Waals surface area (Å²) in [5.74, 6) is 0.412. The zero-order valence-electron chi connectivity index (χ0n) is 7.72. The molecule has 1 aromatic rings. The quantitative estimate of drug-likeness (QED) is 0.789. The van der Waals surface area contributed by atoms with Gasteiger partial charge in [-0.3, -0.25) is 0 Å². The minimum absolute atomic E-state index is 0.000278. The van der Waals surface area contributed by atoms with Gasteiger partial charge >= 0.3 is 6.61 Å². The summed E-state index contributed by atoms with van der Waals surface area (Å²) in [6.07, 6.45) is 2.18. The maximum Gasteiger partial charge on any atom is 0.388 e. The standard InChI is InChI=1S/C8H8F2NO3S/c1-15(12,13)5-6-3-2-4-11-7(6)14-8(9)10/h2-5,8H,1H3. The molecule has 0 aromatic carbocycles. The van der Waals surface area contributed by atoms with Crippen LogP contribution >= 0.6 is 0 Å². The van der Waals surface area contributed by atoms with Crippen molar-refractivity contribution in [2.24, 2.45) is 0 Å². The average molecular weight is 236 g/mol. The Morgan fingerprint density at radius 1 is 1.53 bits per heavy atom. The molecule has 1 radical (unpaired) electrons. The van der Waals surface area contributed by atoms with Crippen molar-refractivity contribution in [3.8, 4) is 5.88 Å². The Hall–Kier alpha value is -1.24. The summed E-state index contributed by atoms with van der Waals surface area (Å²) >= 11 is 0. The van der Waals surface area contributed by atoms with E-state index in [4.69, 9.17) is 0 Å². The lowest BCUT2D eigenvalue weighted by Crippen LogP contribution is -2.07. The number of nitrogens with zero attached hydrogens (tertiary/aromatic N) is 1. The first-order chi connectivity index (χ1) is 6.88. The molecule has 1 rings (SSSR count).